The Kier molecular flexibility index (Phi) is 3.55. The third-order valence-corrected chi connectivity index (χ3v) is 1.67. The molecule has 0 aromatic heterocycles. The van der Waals surface area contributed by atoms with Crippen LogP contribution in [-0.4, -0.2) is 11.6 Å². The maximum atomic E-state index is 13.5. The molecule has 0 saturated carbocycles. The van der Waals surface area contributed by atoms with Crippen molar-refractivity contribution in [2.24, 2.45) is 5.73 Å². The lowest BCUT2D eigenvalue weighted by atomic mass is 10.2. The van der Waals surface area contributed by atoms with Crippen molar-refractivity contribution in [1.82, 2.24) is 0 Å². The Morgan fingerprint density at radius 3 is 2.12 bits per heavy atom. The van der Waals surface area contributed by atoms with E-state index in [2.05, 4.69) is 5.32 Å². The van der Waals surface area contributed by atoms with E-state index in [-0.39, 0.29) is 5.69 Å². The van der Waals surface area contributed by atoms with Crippen LogP contribution in [0.4, 0.5) is 19.3 Å². The maximum absolute atomic E-state index is 13.5. The van der Waals surface area contributed by atoms with Crippen LogP contribution in [0.25, 0.3) is 0 Å². The van der Waals surface area contributed by atoms with Crippen LogP contribution < -0.4 is 15.8 Å². The molecular formula is C11H14F2N2O2. The Balaban J connectivity index is 3.06. The highest BCUT2D eigenvalue weighted by atomic mass is 19.1. The fourth-order valence-electron chi connectivity index (χ4n) is 1.18. The molecule has 6 heteroatoms. The lowest BCUT2D eigenvalue weighted by molar-refractivity contribution is 0.117. The van der Waals surface area contributed by atoms with E-state index >= 15 is 0 Å². The van der Waals surface area contributed by atoms with Gasteiger partial charge in [-0.25, -0.2) is 13.6 Å². The van der Waals surface area contributed by atoms with Gasteiger partial charge in [0, 0.05) is 17.8 Å². The molecule has 0 aliphatic heterocycles. The smallest absolute Gasteiger partial charge is 0.316 e. The van der Waals surface area contributed by atoms with E-state index in [1.807, 2.05) is 0 Å². The van der Waals surface area contributed by atoms with Gasteiger partial charge in [-0.05, 0) is 20.8 Å². The molecule has 17 heavy (non-hydrogen) atoms. The maximum Gasteiger partial charge on any atom is 0.316 e. The Bertz CT molecular complexity index is 419. The molecule has 3 N–H and O–H groups in total. The Hall–Kier alpha value is -1.85. The van der Waals surface area contributed by atoms with Gasteiger partial charge in [0.1, 0.15) is 5.60 Å². The highest BCUT2D eigenvalue weighted by Crippen LogP contribution is 2.28. The molecule has 0 heterocycles. The first-order valence-electron chi connectivity index (χ1n) is 4.93. The average Bonchev–Trinajstić information content (AvgIpc) is 2.08. The summed E-state index contributed by atoms with van der Waals surface area (Å²) in [5, 5.41) is 2.08. The molecule has 94 valence electrons. The second-order valence-corrected chi connectivity index (χ2v) is 4.47. The van der Waals surface area contributed by atoms with Crippen molar-refractivity contribution in [3.63, 3.8) is 0 Å². The van der Waals surface area contributed by atoms with Gasteiger partial charge in [-0.15, -0.1) is 0 Å². The molecular weight excluding hydrogens is 230 g/mol. The van der Waals surface area contributed by atoms with Gasteiger partial charge < -0.3 is 15.8 Å². The minimum atomic E-state index is -0.899. The van der Waals surface area contributed by atoms with Gasteiger partial charge in [-0.1, -0.05) is 0 Å². The van der Waals surface area contributed by atoms with Gasteiger partial charge in [0.15, 0.2) is 17.4 Å². The number of carbonyl (C=O) groups is 1. The summed E-state index contributed by atoms with van der Waals surface area (Å²) in [6.45, 7) is 5.00. The van der Waals surface area contributed by atoms with E-state index in [0.717, 1.165) is 12.1 Å². The third-order valence-electron chi connectivity index (χ3n) is 1.67. The van der Waals surface area contributed by atoms with Crippen LogP contribution in [0.2, 0.25) is 0 Å². The first-order valence-corrected chi connectivity index (χ1v) is 4.93. The largest absolute Gasteiger partial charge is 0.482 e. The third kappa shape index (κ3) is 3.90. The summed E-state index contributed by atoms with van der Waals surface area (Å²) in [7, 11) is 0. The molecule has 0 radical (unpaired) electrons. The van der Waals surface area contributed by atoms with Crippen molar-refractivity contribution in [2.45, 2.75) is 26.4 Å². The molecule has 4 nitrogen and oxygen atoms in total. The molecule has 1 aromatic rings. The first-order chi connectivity index (χ1) is 7.69. The van der Waals surface area contributed by atoms with Crippen LogP contribution in [-0.2, 0) is 0 Å². The Labute approximate surface area is 97.8 Å². The van der Waals surface area contributed by atoms with Crippen LogP contribution in [0.1, 0.15) is 20.8 Å². The average molecular weight is 244 g/mol. The van der Waals surface area contributed by atoms with Crippen molar-refractivity contribution in [3.05, 3.63) is 23.8 Å². The predicted octanol–water partition coefficient (Wildman–Crippen LogP) is 2.63. The second kappa shape index (κ2) is 4.57. The number of ether oxygens (including phenoxy) is 1. The molecule has 0 bridgehead atoms. The van der Waals surface area contributed by atoms with Crippen LogP contribution >= 0.6 is 0 Å². The number of benzene rings is 1. The fourth-order valence-corrected chi connectivity index (χ4v) is 1.18. The van der Waals surface area contributed by atoms with Crippen LogP contribution in [0.5, 0.6) is 5.75 Å². The van der Waals surface area contributed by atoms with Crippen LogP contribution in [0.15, 0.2) is 12.1 Å². The number of carbonyl (C=O) groups excluding carboxylic acids is 1. The van der Waals surface area contributed by atoms with Crippen molar-refractivity contribution >= 4 is 11.7 Å². The van der Waals surface area contributed by atoms with Gasteiger partial charge in [0.05, 0.1) is 0 Å². The summed E-state index contributed by atoms with van der Waals surface area (Å²) >= 11 is 0. The molecule has 1 aromatic carbocycles. The molecule has 0 saturated heterocycles. The zero-order chi connectivity index (χ0) is 13.2. The van der Waals surface area contributed by atoms with Gasteiger partial charge in [-0.3, -0.25) is 0 Å². The highest BCUT2D eigenvalue weighted by Gasteiger charge is 2.19. The zero-order valence-corrected chi connectivity index (χ0v) is 9.80. The Morgan fingerprint density at radius 1 is 1.29 bits per heavy atom. The van der Waals surface area contributed by atoms with Gasteiger partial charge in [0.25, 0.3) is 0 Å². The van der Waals surface area contributed by atoms with E-state index in [1.165, 1.54) is 0 Å². The number of halogens is 2. The second-order valence-electron chi connectivity index (χ2n) is 4.47. The van der Waals surface area contributed by atoms with Crippen molar-refractivity contribution in [2.75, 3.05) is 5.32 Å². The van der Waals surface area contributed by atoms with Gasteiger partial charge in [0.2, 0.25) is 0 Å². The van der Waals surface area contributed by atoms with Crippen molar-refractivity contribution in [1.29, 1.82) is 0 Å². The van der Waals surface area contributed by atoms with Gasteiger partial charge >= 0.3 is 6.03 Å². The summed E-state index contributed by atoms with van der Waals surface area (Å²) < 4.78 is 32.2. The van der Waals surface area contributed by atoms with Crippen LogP contribution in [0, 0.1) is 11.6 Å². The minimum Gasteiger partial charge on any atom is -0.482 e. The van der Waals surface area contributed by atoms with E-state index in [1.54, 1.807) is 20.8 Å². The number of amides is 2. The SMILES string of the molecule is CC(C)(C)Oc1c(F)cc(NC(N)=O)cc1F. The van der Waals surface area contributed by atoms with Crippen LogP contribution in [0.3, 0.4) is 0 Å². The number of primary amides is 1. The number of urea groups is 1. The minimum absolute atomic E-state index is 0.0613. The molecule has 0 fully saturated rings. The first kappa shape index (κ1) is 13.2. The monoisotopic (exact) mass is 244 g/mol. The molecule has 0 aliphatic rings. The number of nitrogens with two attached hydrogens (primary N) is 1. The molecule has 0 atom stereocenters. The Morgan fingerprint density at radius 2 is 1.76 bits per heavy atom. The fraction of sp³-hybridized carbons (Fsp3) is 0.364. The molecule has 0 aliphatic carbocycles. The quantitative estimate of drug-likeness (QED) is 0.839. The number of hydrogen-bond acceptors (Lipinski definition) is 2. The highest BCUT2D eigenvalue weighted by molar-refractivity contribution is 5.87. The molecule has 2 amide bonds. The van der Waals surface area contributed by atoms with Crippen molar-refractivity contribution < 1.29 is 18.3 Å². The number of rotatable bonds is 2. The van der Waals surface area contributed by atoms with E-state index in [4.69, 9.17) is 10.5 Å². The van der Waals surface area contributed by atoms with Gasteiger partial charge in [-0.2, -0.15) is 0 Å². The topological polar surface area (TPSA) is 64.3 Å². The zero-order valence-electron chi connectivity index (χ0n) is 9.80. The summed E-state index contributed by atoms with van der Waals surface area (Å²) in [6, 6.07) is 0.984. The lowest BCUT2D eigenvalue weighted by Crippen LogP contribution is -2.24. The molecule has 0 spiro atoms. The predicted molar refractivity (Wildman–Crippen MR) is 59.9 cm³/mol. The summed E-state index contributed by atoms with van der Waals surface area (Å²) in [5.74, 6) is -2.28. The summed E-state index contributed by atoms with van der Waals surface area (Å²) in [5.41, 5.74) is 4.05. The molecule has 1 rings (SSSR count). The normalized spacial score (nSPS) is 11.1. The van der Waals surface area contributed by atoms with E-state index < -0.39 is 29.0 Å². The van der Waals surface area contributed by atoms with E-state index in [0.29, 0.717) is 0 Å². The number of hydrogen-bond donors (Lipinski definition) is 2. The summed E-state index contributed by atoms with van der Waals surface area (Å²) in [6.07, 6.45) is 0. The molecule has 0 unspecified atom stereocenters. The summed E-state index contributed by atoms with van der Waals surface area (Å²) in [4.78, 5) is 10.5. The lowest BCUT2D eigenvalue weighted by Gasteiger charge is -2.22. The standard InChI is InChI=1S/C11H14F2N2O2/c1-11(2,3)17-9-7(12)4-6(5-8(9)13)15-10(14)16/h4-5H,1-3H3,(H3,14,15,16). The number of nitrogens with one attached hydrogen (secondary N) is 1. The van der Waals surface area contributed by atoms with Crippen molar-refractivity contribution in [3.8, 4) is 5.75 Å². The van der Waals surface area contributed by atoms with E-state index in [9.17, 15) is 13.6 Å². The number of anilines is 1.